The monoisotopic (exact) mass is 344 g/mol. The molecule has 2 aromatic rings. The maximum Gasteiger partial charge on any atom is 0.316 e. The Labute approximate surface area is 144 Å². The van der Waals surface area contributed by atoms with E-state index in [4.69, 9.17) is 9.47 Å². The van der Waals surface area contributed by atoms with Crippen LogP contribution in [0.25, 0.3) is 10.4 Å². The highest BCUT2D eigenvalue weighted by molar-refractivity contribution is 7.16. The third kappa shape index (κ3) is 2.46. The molecule has 2 atom stereocenters. The lowest BCUT2D eigenvalue weighted by Gasteiger charge is -2.55. The normalized spacial score (nSPS) is 33.6. The molecule has 3 aliphatic heterocycles. The van der Waals surface area contributed by atoms with E-state index in [0.717, 1.165) is 21.6 Å². The van der Waals surface area contributed by atoms with Crippen LogP contribution >= 0.6 is 11.3 Å². The highest BCUT2D eigenvalue weighted by Crippen LogP contribution is 2.45. The Balaban J connectivity index is 1.32. The Morgan fingerprint density at radius 1 is 1.04 bits per heavy atom. The summed E-state index contributed by atoms with van der Waals surface area (Å²) >= 11 is 1.58. The predicted octanol–water partition coefficient (Wildman–Crippen LogP) is 2.33. The van der Waals surface area contributed by atoms with E-state index < -0.39 is 0 Å². The van der Waals surface area contributed by atoms with Crippen LogP contribution in [0.4, 0.5) is 0 Å². The largest absolute Gasteiger partial charge is 0.467 e. The van der Waals surface area contributed by atoms with Crippen molar-refractivity contribution in [3.05, 3.63) is 18.6 Å². The molecule has 0 N–H and O–H groups in total. The van der Waals surface area contributed by atoms with Gasteiger partial charge in [-0.05, 0) is 18.8 Å². The minimum atomic E-state index is 0.337. The molecular formula is C17H20N4O2S. The number of piperidine rings is 3. The predicted molar refractivity (Wildman–Crippen MR) is 90.3 cm³/mol. The van der Waals surface area contributed by atoms with Gasteiger partial charge in [0, 0.05) is 55.6 Å². The molecule has 0 aromatic carbocycles. The Bertz CT molecular complexity index is 704. The van der Waals surface area contributed by atoms with Crippen LogP contribution in [0.3, 0.4) is 0 Å². The first-order valence-electron chi connectivity index (χ1n) is 8.49. The summed E-state index contributed by atoms with van der Waals surface area (Å²) in [5.41, 5.74) is 0.944. The van der Waals surface area contributed by atoms with Crippen molar-refractivity contribution < 1.29 is 9.47 Å². The SMILES string of the molecule is COc1ncc(-c2cnc(OC3[C@H]4CC5C[C@H]3CN(C5)C4)s2)cn1. The molecule has 1 saturated carbocycles. The lowest BCUT2D eigenvalue weighted by atomic mass is 9.66. The van der Waals surface area contributed by atoms with Gasteiger partial charge in [0.25, 0.3) is 5.19 Å². The zero-order valence-corrected chi connectivity index (χ0v) is 14.4. The molecule has 4 fully saturated rings. The summed E-state index contributed by atoms with van der Waals surface area (Å²) in [6, 6.07) is 0.378. The fourth-order valence-electron chi connectivity index (χ4n) is 4.67. The summed E-state index contributed by atoms with van der Waals surface area (Å²) in [5.74, 6) is 2.24. The van der Waals surface area contributed by atoms with Gasteiger partial charge in [0.05, 0.1) is 12.0 Å². The van der Waals surface area contributed by atoms with Crippen molar-refractivity contribution in [2.75, 3.05) is 26.7 Å². The second-order valence-corrected chi connectivity index (χ2v) is 8.10. The molecule has 3 saturated heterocycles. The van der Waals surface area contributed by atoms with Crippen molar-refractivity contribution in [2.45, 2.75) is 18.9 Å². The van der Waals surface area contributed by atoms with E-state index in [2.05, 4.69) is 19.9 Å². The quantitative estimate of drug-likeness (QED) is 0.848. The maximum absolute atomic E-state index is 6.35. The fourth-order valence-corrected chi connectivity index (χ4v) is 5.45. The molecule has 126 valence electrons. The maximum atomic E-state index is 6.35. The second kappa shape index (κ2) is 5.67. The third-order valence-corrected chi connectivity index (χ3v) is 6.46. The number of thiazole rings is 1. The molecule has 24 heavy (non-hydrogen) atoms. The van der Waals surface area contributed by atoms with Crippen molar-refractivity contribution in [1.82, 2.24) is 19.9 Å². The van der Waals surface area contributed by atoms with Crippen molar-refractivity contribution in [1.29, 1.82) is 0 Å². The number of hydrogen-bond acceptors (Lipinski definition) is 7. The molecule has 6 rings (SSSR count). The van der Waals surface area contributed by atoms with E-state index in [1.807, 2.05) is 6.20 Å². The standard InChI is InChI=1S/C17H20N4O2S/c1-22-16-18-4-13(5-19-16)14-6-20-17(24-14)23-15-11-2-10-3-12(15)9-21(7-10)8-11/h4-6,10-12,15H,2-3,7-9H2,1H3/t10?,11-,12-,15?/m0/s1. The summed E-state index contributed by atoms with van der Waals surface area (Å²) in [7, 11) is 1.56. The van der Waals surface area contributed by atoms with Gasteiger partial charge in [0.2, 0.25) is 0 Å². The lowest BCUT2D eigenvalue weighted by Crippen LogP contribution is -2.61. The molecule has 4 bridgehead atoms. The lowest BCUT2D eigenvalue weighted by molar-refractivity contribution is -0.0985. The number of ether oxygens (including phenoxy) is 2. The van der Waals surface area contributed by atoms with Crippen molar-refractivity contribution in [2.24, 2.45) is 17.8 Å². The summed E-state index contributed by atoms with van der Waals surface area (Å²) in [6.07, 6.45) is 8.36. The Morgan fingerprint density at radius 3 is 2.46 bits per heavy atom. The molecule has 0 spiro atoms. The summed E-state index contributed by atoms with van der Waals surface area (Å²) in [5, 5.41) is 0.772. The molecule has 5 heterocycles. The van der Waals surface area contributed by atoms with Crippen molar-refractivity contribution >= 4 is 11.3 Å². The van der Waals surface area contributed by atoms with E-state index in [1.54, 1.807) is 30.8 Å². The molecule has 4 aliphatic rings. The van der Waals surface area contributed by atoms with Crippen LogP contribution in [0.2, 0.25) is 0 Å². The minimum absolute atomic E-state index is 0.337. The number of aromatic nitrogens is 3. The van der Waals surface area contributed by atoms with Crippen LogP contribution in [0.15, 0.2) is 18.6 Å². The van der Waals surface area contributed by atoms with E-state index >= 15 is 0 Å². The Hall–Kier alpha value is -1.73. The third-order valence-electron chi connectivity index (χ3n) is 5.52. The van der Waals surface area contributed by atoms with Gasteiger partial charge in [-0.1, -0.05) is 11.3 Å². The molecule has 7 heteroatoms. The average molecular weight is 344 g/mol. The van der Waals surface area contributed by atoms with Gasteiger partial charge >= 0.3 is 6.01 Å². The first-order valence-corrected chi connectivity index (χ1v) is 9.31. The summed E-state index contributed by atoms with van der Waals surface area (Å²) in [4.78, 5) is 16.4. The van der Waals surface area contributed by atoms with Gasteiger partial charge in [-0.15, -0.1) is 0 Å². The van der Waals surface area contributed by atoms with Crippen LogP contribution < -0.4 is 9.47 Å². The number of nitrogens with zero attached hydrogens (tertiary/aromatic N) is 4. The number of hydrogen-bond donors (Lipinski definition) is 0. The van der Waals surface area contributed by atoms with Gasteiger partial charge in [-0.25, -0.2) is 15.0 Å². The van der Waals surface area contributed by atoms with E-state index in [9.17, 15) is 0 Å². The molecule has 0 amide bonds. The van der Waals surface area contributed by atoms with Gasteiger partial charge in [0.15, 0.2) is 0 Å². The second-order valence-electron chi connectivity index (χ2n) is 7.11. The van der Waals surface area contributed by atoms with Crippen LogP contribution in [-0.4, -0.2) is 52.7 Å². The highest BCUT2D eigenvalue weighted by atomic mass is 32.1. The molecule has 0 unspecified atom stereocenters. The van der Waals surface area contributed by atoms with Crippen molar-refractivity contribution in [3.63, 3.8) is 0 Å². The van der Waals surface area contributed by atoms with E-state index in [1.165, 1.54) is 32.5 Å². The molecule has 1 aliphatic carbocycles. The molecular weight excluding hydrogens is 324 g/mol. The van der Waals surface area contributed by atoms with Crippen LogP contribution in [0.5, 0.6) is 11.2 Å². The van der Waals surface area contributed by atoms with Gasteiger partial charge in [-0.2, -0.15) is 0 Å². The first-order chi connectivity index (χ1) is 11.8. The van der Waals surface area contributed by atoms with Crippen molar-refractivity contribution in [3.8, 4) is 21.6 Å². The van der Waals surface area contributed by atoms with Gasteiger partial charge in [0.1, 0.15) is 6.10 Å². The fraction of sp³-hybridized carbons (Fsp3) is 0.588. The van der Waals surface area contributed by atoms with Crippen LogP contribution in [0, 0.1) is 17.8 Å². The number of methoxy groups -OCH3 is 1. The van der Waals surface area contributed by atoms with E-state index in [0.29, 0.717) is 24.0 Å². The van der Waals surface area contributed by atoms with E-state index in [-0.39, 0.29) is 0 Å². The topological polar surface area (TPSA) is 60.4 Å². The van der Waals surface area contributed by atoms with Crippen LogP contribution in [0.1, 0.15) is 12.8 Å². The highest BCUT2D eigenvalue weighted by Gasteiger charge is 2.48. The number of rotatable bonds is 4. The average Bonchev–Trinajstić information content (AvgIpc) is 3.06. The van der Waals surface area contributed by atoms with Crippen LogP contribution in [-0.2, 0) is 0 Å². The molecule has 6 nitrogen and oxygen atoms in total. The zero-order valence-electron chi connectivity index (χ0n) is 13.6. The first kappa shape index (κ1) is 14.6. The zero-order chi connectivity index (χ0) is 16.1. The Morgan fingerprint density at radius 2 is 1.79 bits per heavy atom. The minimum Gasteiger partial charge on any atom is -0.467 e. The Kier molecular flexibility index (Phi) is 3.45. The molecule has 2 aromatic heterocycles. The summed E-state index contributed by atoms with van der Waals surface area (Å²) in [6.45, 7) is 3.70. The summed E-state index contributed by atoms with van der Waals surface area (Å²) < 4.78 is 11.4. The smallest absolute Gasteiger partial charge is 0.316 e. The molecule has 0 radical (unpaired) electrons. The van der Waals surface area contributed by atoms with Gasteiger partial charge in [-0.3, -0.25) is 0 Å². The van der Waals surface area contributed by atoms with Gasteiger partial charge < -0.3 is 14.4 Å².